The van der Waals surface area contributed by atoms with E-state index in [1.807, 2.05) is 0 Å². The van der Waals surface area contributed by atoms with E-state index >= 15 is 0 Å². The molecular weight excluding hydrogens is 380 g/mol. The quantitative estimate of drug-likeness (QED) is 0.246. The van der Waals surface area contributed by atoms with Crippen LogP contribution in [0.2, 0.25) is 19.6 Å². The molecule has 1 atom stereocenters. The molecule has 1 unspecified atom stereocenters. The number of thiol groups is 2. The van der Waals surface area contributed by atoms with Crippen LogP contribution in [0.3, 0.4) is 0 Å². The molecule has 0 aromatic rings. The van der Waals surface area contributed by atoms with Crippen molar-refractivity contribution in [2.45, 2.75) is 38.6 Å². The van der Waals surface area contributed by atoms with E-state index < -0.39 is 53.4 Å². The average Bonchev–Trinajstić information content (AvgIpc) is 2.27. The second-order valence-electron chi connectivity index (χ2n) is 5.04. The molecule has 0 aliphatic heterocycles. The van der Waals surface area contributed by atoms with E-state index in [0.29, 0.717) is 0 Å². The first-order valence-electron chi connectivity index (χ1n) is 6.10. The summed E-state index contributed by atoms with van der Waals surface area (Å²) in [5, 5.41) is 0. The smallest absolute Gasteiger partial charge is 0.294 e. The van der Waals surface area contributed by atoms with Crippen molar-refractivity contribution >= 4 is 40.7 Å². The Bertz CT molecular complexity index is 557. The second-order valence-corrected chi connectivity index (χ2v) is 12.3. The molecule has 0 saturated heterocycles. The van der Waals surface area contributed by atoms with Gasteiger partial charge in [0.15, 0.2) is 0 Å². The van der Waals surface area contributed by atoms with Crippen molar-refractivity contribution in [3.05, 3.63) is 0 Å². The summed E-state index contributed by atoms with van der Waals surface area (Å²) in [6, 6.07) is 0. The highest BCUT2D eigenvalue weighted by Crippen LogP contribution is 2.12. The van der Waals surface area contributed by atoms with Crippen LogP contribution >= 0.6 is 0 Å². The summed E-state index contributed by atoms with van der Waals surface area (Å²) >= 11 is 0. The molecule has 0 N–H and O–H groups in total. The molecule has 0 amide bonds. The van der Waals surface area contributed by atoms with Gasteiger partial charge in [-0.1, -0.05) is 0 Å². The Labute approximate surface area is 134 Å². The van der Waals surface area contributed by atoms with E-state index in [1.165, 1.54) is 0 Å². The first-order chi connectivity index (χ1) is 9.91. The predicted octanol–water partition coefficient (Wildman–Crippen LogP) is -0.666. The van der Waals surface area contributed by atoms with Crippen LogP contribution in [0.4, 0.5) is 0 Å². The molecular formula is C8H20O10S3Si. The fourth-order valence-electron chi connectivity index (χ4n) is 1.23. The zero-order chi connectivity index (χ0) is 17.4. The first kappa shape index (κ1) is 21.9. The molecule has 22 heavy (non-hydrogen) atoms. The van der Waals surface area contributed by atoms with E-state index in [0.717, 1.165) is 0 Å². The SMILES string of the molecule is C[Si](C)(C)OS(=O)(=O)OCC(CCCO[SH](=O)=O)O[SH](=O)=O. The maximum absolute atomic E-state index is 11.5. The summed E-state index contributed by atoms with van der Waals surface area (Å²) in [4.78, 5) is 0. The molecule has 0 spiro atoms. The monoisotopic (exact) mass is 400 g/mol. The highest BCUT2D eigenvalue weighted by atomic mass is 32.3. The van der Waals surface area contributed by atoms with Gasteiger partial charge in [-0.05, 0) is 32.5 Å². The summed E-state index contributed by atoms with van der Waals surface area (Å²) in [5.41, 5.74) is 0. The highest BCUT2D eigenvalue weighted by Gasteiger charge is 2.26. The van der Waals surface area contributed by atoms with E-state index in [2.05, 4.69) is 12.5 Å². The predicted molar refractivity (Wildman–Crippen MR) is 80.0 cm³/mol. The fraction of sp³-hybridized carbons (Fsp3) is 1.00. The van der Waals surface area contributed by atoms with Gasteiger partial charge in [-0.15, -0.1) is 0 Å². The van der Waals surface area contributed by atoms with Gasteiger partial charge in [0.2, 0.25) is 8.32 Å². The van der Waals surface area contributed by atoms with E-state index in [4.69, 9.17) is 3.87 Å². The van der Waals surface area contributed by atoms with Crippen LogP contribution in [0.15, 0.2) is 0 Å². The van der Waals surface area contributed by atoms with Gasteiger partial charge in [-0.2, -0.15) is 8.42 Å². The molecule has 0 aliphatic rings. The van der Waals surface area contributed by atoms with Gasteiger partial charge in [-0.25, -0.2) is 21.0 Å². The zero-order valence-corrected chi connectivity index (χ0v) is 15.9. The lowest BCUT2D eigenvalue weighted by Gasteiger charge is -2.18. The molecule has 0 bridgehead atoms. The minimum Gasteiger partial charge on any atom is -0.294 e. The standard InChI is InChI=1S/C8H20O10S3Si/c1-22(2,3)18-21(13,14)16-7-8(17-20(11)12)5-4-6-15-19(9)10/h8,19-20H,4-7H2,1-3H3. The molecule has 14 heteroatoms. The van der Waals surface area contributed by atoms with Gasteiger partial charge in [-0.3, -0.25) is 12.2 Å². The summed E-state index contributed by atoms with van der Waals surface area (Å²) in [6.45, 7) is 4.17. The number of hydrogen-bond donors (Lipinski definition) is 2. The third-order valence-corrected chi connectivity index (χ3v) is 5.96. The maximum Gasteiger partial charge on any atom is 0.390 e. The van der Waals surface area contributed by atoms with Crippen LogP contribution in [0.1, 0.15) is 12.8 Å². The highest BCUT2D eigenvalue weighted by molar-refractivity contribution is 7.83. The number of rotatable bonds is 12. The molecule has 0 aliphatic carbocycles. The second kappa shape index (κ2) is 9.92. The summed E-state index contributed by atoms with van der Waals surface area (Å²) < 4.78 is 82.7. The fourth-order valence-corrected chi connectivity index (χ4v) is 4.88. The van der Waals surface area contributed by atoms with Crippen molar-refractivity contribution < 1.29 is 41.7 Å². The lowest BCUT2D eigenvalue weighted by atomic mass is 10.2. The largest absolute Gasteiger partial charge is 0.390 e. The van der Waals surface area contributed by atoms with Crippen LogP contribution in [0, 0.1) is 0 Å². The summed E-state index contributed by atoms with van der Waals surface area (Å²) in [6.07, 6.45) is -0.932. The summed E-state index contributed by atoms with van der Waals surface area (Å²) in [5.74, 6) is 0. The molecule has 0 radical (unpaired) electrons. The minimum atomic E-state index is -4.26. The maximum atomic E-state index is 11.5. The Balaban J connectivity index is 4.46. The van der Waals surface area contributed by atoms with Crippen molar-refractivity contribution in [1.29, 1.82) is 0 Å². The van der Waals surface area contributed by atoms with Crippen molar-refractivity contribution in [3.8, 4) is 0 Å². The van der Waals surface area contributed by atoms with Gasteiger partial charge < -0.3 is 0 Å². The van der Waals surface area contributed by atoms with Crippen LogP contribution in [0.25, 0.3) is 0 Å². The van der Waals surface area contributed by atoms with Gasteiger partial charge >= 0.3 is 10.4 Å². The van der Waals surface area contributed by atoms with Crippen LogP contribution in [0.5, 0.6) is 0 Å². The Kier molecular flexibility index (Phi) is 9.87. The topological polar surface area (TPSA) is 139 Å². The normalized spacial score (nSPS) is 14.6. The molecule has 0 saturated carbocycles. The Hall–Kier alpha value is -0.0931. The van der Waals surface area contributed by atoms with Gasteiger partial charge in [0.25, 0.3) is 22.0 Å². The summed E-state index contributed by atoms with van der Waals surface area (Å²) in [7, 11) is -12.9. The molecule has 0 aromatic heterocycles. The van der Waals surface area contributed by atoms with Gasteiger partial charge in [0.05, 0.1) is 13.2 Å². The molecule has 0 fully saturated rings. The van der Waals surface area contributed by atoms with Crippen molar-refractivity contribution in [2.75, 3.05) is 13.2 Å². The molecule has 0 aromatic carbocycles. The van der Waals surface area contributed by atoms with Crippen molar-refractivity contribution in [1.82, 2.24) is 0 Å². The van der Waals surface area contributed by atoms with E-state index in [9.17, 15) is 25.3 Å². The first-order valence-corrected chi connectivity index (χ1v) is 13.0. The Morgan fingerprint density at radius 2 is 1.64 bits per heavy atom. The third kappa shape index (κ3) is 13.6. The average molecular weight is 401 g/mol. The molecule has 10 nitrogen and oxygen atoms in total. The van der Waals surface area contributed by atoms with E-state index in [-0.39, 0.29) is 19.4 Å². The Morgan fingerprint density at radius 1 is 1.05 bits per heavy atom. The molecule has 134 valence electrons. The third-order valence-electron chi connectivity index (χ3n) is 1.85. The van der Waals surface area contributed by atoms with Gasteiger partial charge in [0.1, 0.15) is 6.10 Å². The van der Waals surface area contributed by atoms with Crippen LogP contribution in [-0.2, 0) is 48.8 Å². The molecule has 0 rings (SSSR count). The Morgan fingerprint density at radius 3 is 2.09 bits per heavy atom. The van der Waals surface area contributed by atoms with E-state index in [1.54, 1.807) is 19.6 Å². The van der Waals surface area contributed by atoms with Crippen molar-refractivity contribution in [2.24, 2.45) is 0 Å². The molecule has 0 heterocycles. The van der Waals surface area contributed by atoms with Crippen LogP contribution < -0.4 is 0 Å². The van der Waals surface area contributed by atoms with Crippen LogP contribution in [-0.4, -0.2) is 52.9 Å². The van der Waals surface area contributed by atoms with Gasteiger partial charge in [0, 0.05) is 0 Å². The zero-order valence-electron chi connectivity index (χ0n) is 12.3. The minimum absolute atomic E-state index is 0.0228. The lowest BCUT2D eigenvalue weighted by molar-refractivity contribution is 0.121. The number of hydrogen-bond acceptors (Lipinski definition) is 10. The lowest BCUT2D eigenvalue weighted by Crippen LogP contribution is -2.32. The van der Waals surface area contributed by atoms with Crippen molar-refractivity contribution in [3.63, 3.8) is 0 Å².